The lowest BCUT2D eigenvalue weighted by atomic mass is 9.87. The molecule has 0 radical (unpaired) electrons. The Morgan fingerprint density at radius 2 is 1.94 bits per heavy atom. The van der Waals surface area contributed by atoms with Crippen LogP contribution in [0.3, 0.4) is 0 Å². The summed E-state index contributed by atoms with van der Waals surface area (Å²) in [4.78, 5) is 19.3. The van der Waals surface area contributed by atoms with Gasteiger partial charge in [0.1, 0.15) is 5.82 Å². The molecule has 10 heteroatoms. The third-order valence-electron chi connectivity index (χ3n) is 7.15. The van der Waals surface area contributed by atoms with E-state index in [1.165, 1.54) is 24.5 Å². The molecular weight excluding hydrogens is 460 g/mol. The Hall–Kier alpha value is -2.39. The highest BCUT2D eigenvalue weighted by Gasteiger charge is 2.63. The van der Waals surface area contributed by atoms with Crippen LogP contribution >= 0.6 is 11.6 Å². The summed E-state index contributed by atoms with van der Waals surface area (Å²) in [5.41, 5.74) is -0.223. The number of benzene rings is 1. The SMILES string of the molecule is O=C(NCC1(C(F)(F)F)CC1)c1cncc(-c2cc(F)cc(Cl)c2)c1N1CCC2(CCN2)C1. The van der Waals surface area contributed by atoms with Crippen LogP contribution in [-0.2, 0) is 0 Å². The van der Waals surface area contributed by atoms with Crippen molar-refractivity contribution >= 4 is 23.2 Å². The van der Waals surface area contributed by atoms with E-state index in [4.69, 9.17) is 11.6 Å². The third-order valence-corrected chi connectivity index (χ3v) is 7.37. The molecular formula is C23H23ClF4N4O. The largest absolute Gasteiger partial charge is 0.396 e. The molecule has 2 N–H and O–H groups in total. The molecule has 3 aliphatic rings. The van der Waals surface area contributed by atoms with E-state index in [0.717, 1.165) is 19.4 Å². The molecule has 1 aromatic carbocycles. The maximum absolute atomic E-state index is 14.1. The fourth-order valence-corrected chi connectivity index (χ4v) is 5.05. The number of hydrogen-bond donors (Lipinski definition) is 2. The Balaban J connectivity index is 1.51. The van der Waals surface area contributed by atoms with Crippen LogP contribution in [-0.4, -0.2) is 48.8 Å². The highest BCUT2D eigenvalue weighted by molar-refractivity contribution is 6.30. The molecule has 3 fully saturated rings. The van der Waals surface area contributed by atoms with E-state index in [1.807, 2.05) is 4.90 Å². The molecule has 2 aliphatic heterocycles. The molecule has 5 rings (SSSR count). The number of hydrogen-bond acceptors (Lipinski definition) is 4. The van der Waals surface area contributed by atoms with Gasteiger partial charge in [0.2, 0.25) is 0 Å². The minimum Gasteiger partial charge on any atom is -0.368 e. The van der Waals surface area contributed by atoms with Gasteiger partial charge < -0.3 is 15.5 Å². The number of anilines is 1. The van der Waals surface area contributed by atoms with Gasteiger partial charge in [0.15, 0.2) is 0 Å². The molecule has 33 heavy (non-hydrogen) atoms. The minimum absolute atomic E-state index is 0.00400. The number of aromatic nitrogens is 1. The van der Waals surface area contributed by atoms with E-state index in [-0.39, 0.29) is 29.0 Å². The minimum atomic E-state index is -4.36. The number of amides is 1. The topological polar surface area (TPSA) is 57.3 Å². The zero-order valence-corrected chi connectivity index (χ0v) is 18.5. The van der Waals surface area contributed by atoms with Crippen molar-refractivity contribution in [1.82, 2.24) is 15.6 Å². The van der Waals surface area contributed by atoms with Gasteiger partial charge in [0.05, 0.1) is 16.7 Å². The van der Waals surface area contributed by atoms with Gasteiger partial charge in [-0.05, 0) is 56.0 Å². The van der Waals surface area contributed by atoms with Crippen LogP contribution in [0.1, 0.15) is 36.0 Å². The lowest BCUT2D eigenvalue weighted by molar-refractivity contribution is -0.184. The van der Waals surface area contributed by atoms with Crippen molar-refractivity contribution in [1.29, 1.82) is 0 Å². The number of nitrogens with zero attached hydrogens (tertiary/aromatic N) is 2. The van der Waals surface area contributed by atoms with E-state index >= 15 is 0 Å². The summed E-state index contributed by atoms with van der Waals surface area (Å²) in [6, 6.07) is 4.08. The first kappa shape index (κ1) is 22.4. The van der Waals surface area contributed by atoms with Crippen molar-refractivity contribution in [3.05, 3.63) is 47.0 Å². The first-order chi connectivity index (χ1) is 15.6. The van der Waals surface area contributed by atoms with Gasteiger partial charge in [-0.1, -0.05) is 11.6 Å². The maximum Gasteiger partial charge on any atom is 0.396 e. The van der Waals surface area contributed by atoms with Crippen molar-refractivity contribution in [3.63, 3.8) is 0 Å². The number of halogens is 5. The van der Waals surface area contributed by atoms with Crippen LogP contribution < -0.4 is 15.5 Å². The van der Waals surface area contributed by atoms with Crippen LogP contribution in [0.2, 0.25) is 5.02 Å². The predicted molar refractivity (Wildman–Crippen MR) is 117 cm³/mol. The lowest BCUT2D eigenvalue weighted by Gasteiger charge is -2.40. The summed E-state index contributed by atoms with van der Waals surface area (Å²) in [7, 11) is 0. The number of rotatable bonds is 5. The molecule has 1 aliphatic carbocycles. The Labute approximate surface area is 193 Å². The summed E-state index contributed by atoms with van der Waals surface area (Å²) in [6.45, 7) is 1.74. The Morgan fingerprint density at radius 3 is 2.52 bits per heavy atom. The number of alkyl halides is 3. The summed E-state index contributed by atoms with van der Waals surface area (Å²) >= 11 is 6.07. The Bertz CT molecular complexity index is 1080. The van der Waals surface area contributed by atoms with E-state index in [9.17, 15) is 22.4 Å². The third kappa shape index (κ3) is 4.05. The Morgan fingerprint density at radius 1 is 1.18 bits per heavy atom. The summed E-state index contributed by atoms with van der Waals surface area (Å²) in [5, 5.41) is 6.13. The van der Waals surface area contributed by atoms with E-state index in [1.54, 1.807) is 6.07 Å². The molecule has 1 saturated carbocycles. The number of pyridine rings is 1. The zero-order valence-electron chi connectivity index (χ0n) is 17.7. The highest BCUT2D eigenvalue weighted by atomic mass is 35.5. The molecule has 1 amide bonds. The summed E-state index contributed by atoms with van der Waals surface area (Å²) in [6.07, 6.45) is 0.422. The normalized spacial score (nSPS) is 23.5. The van der Waals surface area contributed by atoms with Gasteiger partial charge in [-0.25, -0.2) is 4.39 Å². The number of carbonyl (C=O) groups is 1. The highest BCUT2D eigenvalue weighted by Crippen LogP contribution is 2.57. The van der Waals surface area contributed by atoms with Gasteiger partial charge in [-0.2, -0.15) is 13.2 Å². The second-order valence-electron chi connectivity index (χ2n) is 9.33. The van der Waals surface area contributed by atoms with Gasteiger partial charge in [-0.3, -0.25) is 9.78 Å². The van der Waals surface area contributed by atoms with Crippen LogP contribution in [0.25, 0.3) is 11.1 Å². The standard InChI is InChI=1S/C23H23ClF4N4O/c24-15-7-14(8-16(25)9-15)17-10-29-11-18(19(17)32-6-4-22(13-32)3-5-31-22)20(33)30-12-21(1-2-21)23(26,27)28/h7-11,31H,1-6,12-13H2,(H,30,33). The second-order valence-corrected chi connectivity index (χ2v) is 9.77. The molecule has 2 aromatic rings. The van der Waals surface area contributed by atoms with Crippen molar-refractivity contribution in [2.24, 2.45) is 5.41 Å². The quantitative estimate of drug-likeness (QED) is 0.614. The summed E-state index contributed by atoms with van der Waals surface area (Å²) < 4.78 is 54.1. The van der Waals surface area contributed by atoms with E-state index in [0.29, 0.717) is 29.9 Å². The van der Waals surface area contributed by atoms with E-state index in [2.05, 4.69) is 15.6 Å². The van der Waals surface area contributed by atoms with Crippen LogP contribution in [0.5, 0.6) is 0 Å². The van der Waals surface area contributed by atoms with Crippen molar-refractivity contribution in [2.45, 2.75) is 37.4 Å². The van der Waals surface area contributed by atoms with Crippen molar-refractivity contribution in [3.8, 4) is 11.1 Å². The van der Waals surface area contributed by atoms with Gasteiger partial charge in [0.25, 0.3) is 5.91 Å². The van der Waals surface area contributed by atoms with E-state index < -0.39 is 29.9 Å². The van der Waals surface area contributed by atoms with Gasteiger partial charge in [-0.15, -0.1) is 0 Å². The average molecular weight is 483 g/mol. The first-order valence-electron chi connectivity index (χ1n) is 10.9. The number of nitrogens with one attached hydrogen (secondary N) is 2. The van der Waals surface area contributed by atoms with Gasteiger partial charge in [0, 0.05) is 48.2 Å². The van der Waals surface area contributed by atoms with Crippen LogP contribution in [0.15, 0.2) is 30.6 Å². The fraction of sp³-hybridized carbons (Fsp3) is 0.478. The monoisotopic (exact) mass is 482 g/mol. The lowest BCUT2D eigenvalue weighted by Crippen LogP contribution is -2.58. The second kappa shape index (κ2) is 7.84. The predicted octanol–water partition coefficient (Wildman–Crippen LogP) is 4.56. The van der Waals surface area contributed by atoms with Gasteiger partial charge >= 0.3 is 6.18 Å². The zero-order chi connectivity index (χ0) is 23.4. The average Bonchev–Trinajstić information content (AvgIpc) is 3.40. The molecule has 0 bridgehead atoms. The smallest absolute Gasteiger partial charge is 0.368 e. The Kier molecular flexibility index (Phi) is 5.32. The molecule has 1 unspecified atom stereocenters. The molecule has 1 aromatic heterocycles. The molecule has 3 heterocycles. The molecule has 5 nitrogen and oxygen atoms in total. The van der Waals surface area contributed by atoms with Crippen LogP contribution in [0, 0.1) is 11.2 Å². The fourth-order valence-electron chi connectivity index (χ4n) is 4.83. The van der Waals surface area contributed by atoms with Crippen molar-refractivity contribution in [2.75, 3.05) is 31.1 Å². The first-order valence-corrected chi connectivity index (χ1v) is 11.3. The van der Waals surface area contributed by atoms with Crippen molar-refractivity contribution < 1.29 is 22.4 Å². The summed E-state index contributed by atoms with van der Waals surface area (Å²) in [5.74, 6) is -1.15. The maximum atomic E-state index is 14.1. The molecule has 1 spiro atoms. The molecule has 1 atom stereocenters. The molecule has 2 saturated heterocycles. The molecule has 176 valence electrons. The van der Waals surface area contributed by atoms with Crippen LogP contribution in [0.4, 0.5) is 23.2 Å². The number of carbonyl (C=O) groups excluding carboxylic acids is 1.